The van der Waals surface area contributed by atoms with Crippen LogP contribution in [0.5, 0.6) is 0 Å². The molecule has 1 aliphatic heterocycles. The van der Waals surface area contributed by atoms with E-state index in [1.165, 1.54) is 18.0 Å². The van der Waals surface area contributed by atoms with Crippen LogP contribution >= 0.6 is 11.5 Å². The van der Waals surface area contributed by atoms with E-state index >= 15 is 0 Å². The van der Waals surface area contributed by atoms with Crippen molar-refractivity contribution in [2.24, 2.45) is 5.92 Å². The van der Waals surface area contributed by atoms with Gasteiger partial charge in [0.15, 0.2) is 0 Å². The zero-order valence-electron chi connectivity index (χ0n) is 11.3. The number of rotatable bonds is 3. The second-order valence-corrected chi connectivity index (χ2v) is 6.25. The number of nitrogens with one attached hydrogen (secondary N) is 1. The molecule has 104 valence electrons. The summed E-state index contributed by atoms with van der Waals surface area (Å²) in [6.45, 7) is 3.74. The number of aromatic nitrogens is 2. The van der Waals surface area contributed by atoms with Crippen LogP contribution in [0, 0.1) is 12.8 Å². The van der Waals surface area contributed by atoms with E-state index in [0.717, 1.165) is 49.7 Å². The Kier molecular flexibility index (Phi) is 3.68. The lowest BCUT2D eigenvalue weighted by Crippen LogP contribution is -2.46. The van der Waals surface area contributed by atoms with Crippen molar-refractivity contribution in [3.05, 3.63) is 5.82 Å². The van der Waals surface area contributed by atoms with Gasteiger partial charge < -0.3 is 10.2 Å². The Balaban J connectivity index is 1.49. The van der Waals surface area contributed by atoms with Crippen LogP contribution in [0.25, 0.3) is 0 Å². The second kappa shape index (κ2) is 5.45. The molecule has 0 radical (unpaired) electrons. The van der Waals surface area contributed by atoms with Gasteiger partial charge in [-0.25, -0.2) is 4.98 Å². The van der Waals surface area contributed by atoms with Crippen molar-refractivity contribution in [2.75, 3.05) is 18.0 Å². The normalized spacial score (nSPS) is 21.2. The quantitative estimate of drug-likeness (QED) is 0.916. The number of piperidine rings is 1. The van der Waals surface area contributed by atoms with E-state index in [9.17, 15) is 4.79 Å². The molecule has 6 heteroatoms. The van der Waals surface area contributed by atoms with Crippen LogP contribution in [0.2, 0.25) is 0 Å². The van der Waals surface area contributed by atoms with Gasteiger partial charge in [-0.1, -0.05) is 0 Å². The maximum absolute atomic E-state index is 12.1. The first-order valence-corrected chi connectivity index (χ1v) is 7.85. The topological polar surface area (TPSA) is 58.1 Å². The Morgan fingerprint density at radius 1 is 1.32 bits per heavy atom. The van der Waals surface area contributed by atoms with Crippen LogP contribution < -0.4 is 10.2 Å². The third kappa shape index (κ3) is 2.88. The van der Waals surface area contributed by atoms with Crippen molar-refractivity contribution >= 4 is 22.6 Å². The van der Waals surface area contributed by atoms with Crippen LogP contribution in [-0.4, -0.2) is 34.4 Å². The van der Waals surface area contributed by atoms with Crippen molar-refractivity contribution in [3.63, 3.8) is 0 Å². The number of hydrogen-bond donors (Lipinski definition) is 1. The smallest absolute Gasteiger partial charge is 0.223 e. The van der Waals surface area contributed by atoms with Gasteiger partial charge >= 0.3 is 0 Å². The maximum atomic E-state index is 12.1. The van der Waals surface area contributed by atoms with E-state index in [1.807, 2.05) is 6.92 Å². The fourth-order valence-corrected chi connectivity index (χ4v) is 3.34. The molecule has 3 rings (SSSR count). The number of aryl methyl sites for hydroxylation is 1. The number of hydrogen-bond acceptors (Lipinski definition) is 5. The van der Waals surface area contributed by atoms with Crippen molar-refractivity contribution in [1.29, 1.82) is 0 Å². The molecule has 0 atom stereocenters. The largest absolute Gasteiger partial charge is 0.353 e. The predicted molar refractivity (Wildman–Crippen MR) is 75.4 cm³/mol. The second-order valence-electron chi connectivity index (χ2n) is 5.52. The van der Waals surface area contributed by atoms with Crippen molar-refractivity contribution in [1.82, 2.24) is 14.7 Å². The highest BCUT2D eigenvalue weighted by molar-refractivity contribution is 7.09. The monoisotopic (exact) mass is 280 g/mol. The minimum absolute atomic E-state index is 0.186. The molecule has 19 heavy (non-hydrogen) atoms. The summed E-state index contributed by atoms with van der Waals surface area (Å²) in [5, 5.41) is 4.16. The Labute approximate surface area is 117 Å². The SMILES string of the molecule is Cc1nsc(N2CCC(C(=O)NC3CCC3)CC2)n1. The van der Waals surface area contributed by atoms with Gasteiger partial charge in [0.25, 0.3) is 0 Å². The highest BCUT2D eigenvalue weighted by atomic mass is 32.1. The summed E-state index contributed by atoms with van der Waals surface area (Å²) in [5.41, 5.74) is 0. The minimum Gasteiger partial charge on any atom is -0.353 e. The molecule has 5 nitrogen and oxygen atoms in total. The van der Waals surface area contributed by atoms with Gasteiger partial charge in [0, 0.05) is 36.6 Å². The Morgan fingerprint density at radius 3 is 2.58 bits per heavy atom. The number of carbonyl (C=O) groups is 1. The molecule has 2 aliphatic rings. The zero-order chi connectivity index (χ0) is 13.2. The molecule has 1 saturated carbocycles. The average molecular weight is 280 g/mol. The minimum atomic E-state index is 0.186. The molecule has 0 aromatic carbocycles. The highest BCUT2D eigenvalue weighted by Crippen LogP contribution is 2.25. The molecule has 0 spiro atoms. The number of nitrogens with zero attached hydrogens (tertiary/aromatic N) is 3. The van der Waals surface area contributed by atoms with Crippen molar-refractivity contribution in [3.8, 4) is 0 Å². The first-order valence-electron chi connectivity index (χ1n) is 7.08. The van der Waals surface area contributed by atoms with E-state index in [0.29, 0.717) is 6.04 Å². The molecule has 2 heterocycles. The van der Waals surface area contributed by atoms with Gasteiger partial charge in [0.2, 0.25) is 11.0 Å². The standard InChI is InChI=1S/C13H20N4OS/c1-9-14-13(19-16-9)17-7-5-10(6-8-17)12(18)15-11-3-2-4-11/h10-11H,2-8H2,1H3,(H,15,18). The van der Waals surface area contributed by atoms with Gasteiger partial charge in [-0.3, -0.25) is 4.79 Å². The summed E-state index contributed by atoms with van der Waals surface area (Å²) >= 11 is 1.45. The van der Waals surface area contributed by atoms with Crippen molar-refractivity contribution < 1.29 is 4.79 Å². The number of carbonyl (C=O) groups excluding carboxylic acids is 1. The van der Waals surface area contributed by atoms with Gasteiger partial charge in [-0.15, -0.1) is 0 Å². The molecule has 1 aliphatic carbocycles. The van der Waals surface area contributed by atoms with E-state index in [2.05, 4.69) is 19.6 Å². The predicted octanol–water partition coefficient (Wildman–Crippen LogP) is 1.73. The Bertz CT molecular complexity index is 449. The maximum Gasteiger partial charge on any atom is 0.223 e. The molecular formula is C13H20N4OS. The molecule has 0 bridgehead atoms. The fraction of sp³-hybridized carbons (Fsp3) is 0.769. The molecule has 1 aromatic heterocycles. The highest BCUT2D eigenvalue weighted by Gasteiger charge is 2.28. The third-order valence-electron chi connectivity index (χ3n) is 4.10. The van der Waals surface area contributed by atoms with Crippen LogP contribution in [0.3, 0.4) is 0 Å². The summed E-state index contributed by atoms with van der Waals surface area (Å²) in [7, 11) is 0. The lowest BCUT2D eigenvalue weighted by molar-refractivity contribution is -0.126. The van der Waals surface area contributed by atoms with E-state index in [-0.39, 0.29) is 11.8 Å². The Morgan fingerprint density at radius 2 is 2.05 bits per heavy atom. The molecule has 1 saturated heterocycles. The van der Waals surface area contributed by atoms with Crippen LogP contribution in [0.4, 0.5) is 5.13 Å². The van der Waals surface area contributed by atoms with Gasteiger partial charge in [-0.05, 0) is 39.0 Å². The van der Waals surface area contributed by atoms with Crippen LogP contribution in [0.15, 0.2) is 0 Å². The Hall–Kier alpha value is -1.17. The average Bonchev–Trinajstić information content (AvgIpc) is 2.80. The molecule has 1 N–H and O–H groups in total. The molecule has 1 aromatic rings. The van der Waals surface area contributed by atoms with E-state index < -0.39 is 0 Å². The molecular weight excluding hydrogens is 260 g/mol. The molecule has 0 unspecified atom stereocenters. The van der Waals surface area contributed by atoms with Crippen LogP contribution in [0.1, 0.15) is 37.9 Å². The summed E-state index contributed by atoms with van der Waals surface area (Å²) in [6, 6.07) is 0.455. The lowest BCUT2D eigenvalue weighted by atomic mass is 9.90. The van der Waals surface area contributed by atoms with Gasteiger partial charge in [0.05, 0.1) is 0 Å². The van der Waals surface area contributed by atoms with E-state index in [1.54, 1.807) is 0 Å². The first-order chi connectivity index (χ1) is 9.22. The van der Waals surface area contributed by atoms with Gasteiger partial charge in [-0.2, -0.15) is 4.37 Å². The number of amides is 1. The fourth-order valence-electron chi connectivity index (χ4n) is 2.62. The zero-order valence-corrected chi connectivity index (χ0v) is 12.1. The summed E-state index contributed by atoms with van der Waals surface area (Å²) in [6.07, 6.45) is 5.44. The molecule has 1 amide bonds. The van der Waals surface area contributed by atoms with Crippen molar-refractivity contribution in [2.45, 2.75) is 45.1 Å². The van der Waals surface area contributed by atoms with Crippen LogP contribution in [-0.2, 0) is 4.79 Å². The van der Waals surface area contributed by atoms with Gasteiger partial charge in [0.1, 0.15) is 5.82 Å². The lowest BCUT2D eigenvalue weighted by Gasteiger charge is -2.33. The van der Waals surface area contributed by atoms with E-state index in [4.69, 9.17) is 0 Å². The summed E-state index contributed by atoms with van der Waals surface area (Å²) in [4.78, 5) is 18.7. The molecule has 2 fully saturated rings. The number of anilines is 1. The summed E-state index contributed by atoms with van der Waals surface area (Å²) < 4.78 is 4.21. The first kappa shape index (κ1) is 12.8. The summed E-state index contributed by atoms with van der Waals surface area (Å²) in [5.74, 6) is 1.29. The third-order valence-corrected chi connectivity index (χ3v) is 4.97.